The highest BCUT2D eigenvalue weighted by Gasteiger charge is 2.68. The molecule has 1 saturated heterocycles. The van der Waals surface area contributed by atoms with Gasteiger partial charge in [-0.2, -0.15) is 0 Å². The van der Waals surface area contributed by atoms with Crippen molar-refractivity contribution in [2.45, 2.75) is 11.3 Å². The minimum Gasteiger partial charge on any atom is -0.411 e. The van der Waals surface area contributed by atoms with Crippen LogP contribution in [0.25, 0.3) is 0 Å². The molecule has 1 aliphatic heterocycles. The molecule has 5 nitrogen and oxygen atoms in total. The lowest BCUT2D eigenvalue weighted by atomic mass is 9.47. The van der Waals surface area contributed by atoms with Gasteiger partial charge in [0.25, 0.3) is 0 Å². The Morgan fingerprint density at radius 3 is 2.03 bits per heavy atom. The second kappa shape index (κ2) is 6.37. The number of rotatable bonds is 2. The van der Waals surface area contributed by atoms with Gasteiger partial charge >= 0.3 is 0 Å². The third kappa shape index (κ3) is 2.18. The monoisotopic (exact) mass is 472 g/mol. The molecule has 0 spiro atoms. The summed E-state index contributed by atoms with van der Waals surface area (Å²) in [7, 11) is 0. The molecular formula is C25H17BrN2O3. The lowest BCUT2D eigenvalue weighted by Gasteiger charge is -2.52. The highest BCUT2D eigenvalue weighted by Crippen LogP contribution is 2.63. The fourth-order valence-electron chi connectivity index (χ4n) is 5.99. The molecule has 31 heavy (non-hydrogen) atoms. The quantitative estimate of drug-likeness (QED) is 0.259. The van der Waals surface area contributed by atoms with E-state index in [4.69, 9.17) is 0 Å². The van der Waals surface area contributed by atoms with Crippen molar-refractivity contribution in [3.63, 3.8) is 0 Å². The number of carbonyl (C=O) groups is 2. The molecule has 1 heterocycles. The van der Waals surface area contributed by atoms with Crippen LogP contribution in [0.1, 0.15) is 28.2 Å². The summed E-state index contributed by atoms with van der Waals surface area (Å²) in [5, 5.41) is 13.2. The third-order valence-electron chi connectivity index (χ3n) is 7.03. The number of benzene rings is 3. The minimum atomic E-state index is -1.00. The largest absolute Gasteiger partial charge is 0.411 e. The van der Waals surface area contributed by atoms with Crippen molar-refractivity contribution in [2.24, 2.45) is 17.0 Å². The van der Waals surface area contributed by atoms with Crippen LogP contribution in [0.2, 0.25) is 0 Å². The molecule has 0 radical (unpaired) electrons. The van der Waals surface area contributed by atoms with E-state index in [0.717, 1.165) is 26.7 Å². The number of nitrogens with zero attached hydrogens (tertiary/aromatic N) is 2. The van der Waals surface area contributed by atoms with Gasteiger partial charge in [0.1, 0.15) is 0 Å². The van der Waals surface area contributed by atoms with Crippen LogP contribution in [0.15, 0.2) is 82.4 Å². The molecule has 0 aromatic heterocycles. The second-order valence-corrected chi connectivity index (χ2v) is 9.17. The maximum Gasteiger partial charge on any atom is 0.239 e. The zero-order valence-corrected chi connectivity index (χ0v) is 17.9. The molecule has 2 amide bonds. The van der Waals surface area contributed by atoms with Crippen LogP contribution in [0.5, 0.6) is 0 Å². The normalized spacial score (nSPS) is 28.0. The van der Waals surface area contributed by atoms with Crippen molar-refractivity contribution in [2.75, 3.05) is 4.90 Å². The van der Waals surface area contributed by atoms with E-state index < -0.39 is 17.3 Å². The van der Waals surface area contributed by atoms with Gasteiger partial charge in [0.2, 0.25) is 11.8 Å². The molecule has 152 valence electrons. The number of anilines is 1. The average molecular weight is 473 g/mol. The van der Waals surface area contributed by atoms with E-state index in [1.165, 1.54) is 11.1 Å². The van der Waals surface area contributed by atoms with Gasteiger partial charge < -0.3 is 5.21 Å². The standard InChI is InChI=1S/C25H17BrN2O3/c26-14-9-11-15(12-10-14)28-23(29)21-20-16-5-1-3-7-18(16)25(13-27-31,22(21)24(28)30)19-8-4-2-6-17(19)20/h1-13,20-22,31H/b27-13+. The number of amides is 2. The summed E-state index contributed by atoms with van der Waals surface area (Å²) >= 11 is 3.41. The highest BCUT2D eigenvalue weighted by atomic mass is 79.9. The first-order valence-electron chi connectivity index (χ1n) is 10.1. The SMILES string of the molecule is O=C1C2C3c4ccccc4C(/C=N/O)(c4ccccc43)C2C(=O)N1c1ccc(Br)cc1. The molecule has 1 fully saturated rings. The Labute approximate surface area is 187 Å². The van der Waals surface area contributed by atoms with Gasteiger partial charge in [-0.3, -0.25) is 9.59 Å². The number of imide groups is 1. The van der Waals surface area contributed by atoms with Crippen molar-refractivity contribution in [1.29, 1.82) is 0 Å². The smallest absolute Gasteiger partial charge is 0.239 e. The maximum absolute atomic E-state index is 13.9. The molecule has 4 aliphatic rings. The Kier molecular flexibility index (Phi) is 3.81. The summed E-state index contributed by atoms with van der Waals surface area (Å²) in [6.45, 7) is 0. The maximum atomic E-state index is 13.9. The van der Waals surface area contributed by atoms with E-state index in [1.54, 1.807) is 12.1 Å². The Morgan fingerprint density at radius 1 is 0.871 bits per heavy atom. The van der Waals surface area contributed by atoms with Gasteiger partial charge in [-0.05, 0) is 46.5 Å². The van der Waals surface area contributed by atoms with E-state index in [0.29, 0.717) is 5.69 Å². The van der Waals surface area contributed by atoms with Crippen molar-refractivity contribution in [3.05, 3.63) is 99.5 Å². The first-order valence-corrected chi connectivity index (χ1v) is 10.9. The first kappa shape index (κ1) is 18.5. The van der Waals surface area contributed by atoms with Gasteiger partial charge in [-0.15, -0.1) is 5.16 Å². The molecule has 1 N–H and O–H groups in total. The van der Waals surface area contributed by atoms with E-state index in [1.807, 2.05) is 60.7 Å². The molecule has 2 unspecified atom stereocenters. The highest BCUT2D eigenvalue weighted by molar-refractivity contribution is 9.10. The van der Waals surface area contributed by atoms with Gasteiger partial charge in [0.05, 0.1) is 29.2 Å². The van der Waals surface area contributed by atoms with Crippen LogP contribution >= 0.6 is 15.9 Å². The lowest BCUT2D eigenvalue weighted by Crippen LogP contribution is -2.54. The number of halogens is 1. The summed E-state index contributed by atoms with van der Waals surface area (Å²) in [5.74, 6) is -1.91. The Balaban J connectivity index is 1.66. The first-order chi connectivity index (χ1) is 15.1. The van der Waals surface area contributed by atoms with Gasteiger partial charge in [0, 0.05) is 10.4 Å². The van der Waals surface area contributed by atoms with Crippen LogP contribution < -0.4 is 4.90 Å². The van der Waals surface area contributed by atoms with E-state index >= 15 is 0 Å². The topological polar surface area (TPSA) is 70.0 Å². The molecule has 3 aliphatic carbocycles. The molecule has 3 aromatic rings. The summed E-state index contributed by atoms with van der Waals surface area (Å²) in [6, 6.07) is 22.9. The second-order valence-electron chi connectivity index (χ2n) is 8.26. The van der Waals surface area contributed by atoms with Gasteiger partial charge in [0.15, 0.2) is 0 Å². The van der Waals surface area contributed by atoms with Crippen LogP contribution in [-0.2, 0) is 15.0 Å². The van der Waals surface area contributed by atoms with Crippen LogP contribution in [0, 0.1) is 11.8 Å². The minimum absolute atomic E-state index is 0.206. The van der Waals surface area contributed by atoms with Crippen LogP contribution in [-0.4, -0.2) is 23.2 Å². The molecule has 2 bridgehead atoms. The fourth-order valence-corrected chi connectivity index (χ4v) is 6.25. The summed E-state index contributed by atoms with van der Waals surface area (Å²) < 4.78 is 0.872. The average Bonchev–Trinajstić information content (AvgIpc) is 3.06. The Morgan fingerprint density at radius 2 is 1.45 bits per heavy atom. The summed E-state index contributed by atoms with van der Waals surface area (Å²) in [4.78, 5) is 29.0. The van der Waals surface area contributed by atoms with Crippen molar-refractivity contribution in [1.82, 2.24) is 0 Å². The van der Waals surface area contributed by atoms with E-state index in [-0.39, 0.29) is 17.7 Å². The molecule has 7 rings (SSSR count). The van der Waals surface area contributed by atoms with Crippen molar-refractivity contribution in [3.8, 4) is 0 Å². The number of hydrogen-bond donors (Lipinski definition) is 1. The predicted octanol–water partition coefficient (Wildman–Crippen LogP) is 4.46. The Bertz CT molecular complexity index is 1240. The number of oxime groups is 1. The van der Waals surface area contributed by atoms with Crippen LogP contribution in [0.4, 0.5) is 5.69 Å². The van der Waals surface area contributed by atoms with Gasteiger partial charge in [-0.1, -0.05) is 64.5 Å². The van der Waals surface area contributed by atoms with Crippen LogP contribution in [0.3, 0.4) is 0 Å². The molecular weight excluding hydrogens is 456 g/mol. The Hall–Kier alpha value is -3.25. The predicted molar refractivity (Wildman–Crippen MR) is 119 cm³/mol. The molecule has 2 atom stereocenters. The van der Waals surface area contributed by atoms with Gasteiger partial charge in [-0.25, -0.2) is 4.90 Å². The zero-order chi connectivity index (χ0) is 21.3. The summed E-state index contributed by atoms with van der Waals surface area (Å²) in [5.41, 5.74) is 3.43. The number of hydrogen-bond acceptors (Lipinski definition) is 4. The molecule has 0 saturated carbocycles. The van der Waals surface area contributed by atoms with Crippen molar-refractivity contribution >= 4 is 39.6 Å². The van der Waals surface area contributed by atoms with E-state index in [2.05, 4.69) is 21.1 Å². The van der Waals surface area contributed by atoms with E-state index in [9.17, 15) is 14.8 Å². The lowest BCUT2D eigenvalue weighted by molar-refractivity contribution is -0.122. The summed E-state index contributed by atoms with van der Waals surface area (Å²) in [6.07, 6.45) is 1.45. The third-order valence-corrected chi connectivity index (χ3v) is 7.56. The molecule has 3 aromatic carbocycles. The number of carbonyl (C=O) groups excluding carboxylic acids is 2. The fraction of sp³-hybridized carbons (Fsp3) is 0.160. The molecule has 6 heteroatoms. The zero-order valence-electron chi connectivity index (χ0n) is 16.3. The van der Waals surface area contributed by atoms with Crippen molar-refractivity contribution < 1.29 is 14.8 Å².